The van der Waals surface area contributed by atoms with Gasteiger partial charge in [0.15, 0.2) is 0 Å². The van der Waals surface area contributed by atoms with Gasteiger partial charge in [0.2, 0.25) is 0 Å². The third-order valence-corrected chi connectivity index (χ3v) is 2.60. The molecule has 3 N–H and O–H groups in total. The van der Waals surface area contributed by atoms with Gasteiger partial charge in [-0.25, -0.2) is 0 Å². The molecule has 0 amide bonds. The minimum Gasteiger partial charge on any atom is -0.481 e. The van der Waals surface area contributed by atoms with Crippen LogP contribution in [-0.4, -0.2) is 11.1 Å². The van der Waals surface area contributed by atoms with Gasteiger partial charge in [-0.1, -0.05) is 0 Å². The number of nitriles is 1. The molecule has 0 bridgehead atoms. The van der Waals surface area contributed by atoms with E-state index in [4.69, 9.17) is 16.1 Å². The average molecular weight is 196 g/mol. The number of carboxylic acids is 1. The molecule has 0 saturated heterocycles. The Hall–Kier alpha value is -1.38. The molecular formula is C8H8N2O2S. The number of rotatable bonds is 3. The third-order valence-electron chi connectivity index (χ3n) is 1.55. The number of thiophene rings is 1. The monoisotopic (exact) mass is 196 g/mol. The van der Waals surface area contributed by atoms with Crippen molar-refractivity contribution in [3.05, 3.63) is 21.9 Å². The van der Waals surface area contributed by atoms with Crippen molar-refractivity contribution in [3.8, 4) is 6.07 Å². The number of nitrogens with zero attached hydrogens (tertiary/aromatic N) is 1. The van der Waals surface area contributed by atoms with Crippen molar-refractivity contribution >= 4 is 17.3 Å². The lowest BCUT2D eigenvalue weighted by Gasteiger charge is -2.05. The Kier molecular flexibility index (Phi) is 3.01. The third kappa shape index (κ3) is 2.28. The van der Waals surface area contributed by atoms with E-state index in [1.165, 1.54) is 11.3 Å². The summed E-state index contributed by atoms with van der Waals surface area (Å²) in [6.07, 6.45) is -0.144. The molecule has 0 aliphatic heterocycles. The Labute approximate surface area is 79.2 Å². The first-order valence-corrected chi connectivity index (χ1v) is 4.48. The molecule has 1 atom stereocenters. The Morgan fingerprint density at radius 1 is 1.85 bits per heavy atom. The molecule has 4 nitrogen and oxygen atoms in total. The lowest BCUT2D eigenvalue weighted by molar-refractivity contribution is -0.137. The van der Waals surface area contributed by atoms with Gasteiger partial charge in [-0.15, -0.1) is 11.3 Å². The van der Waals surface area contributed by atoms with E-state index < -0.39 is 12.0 Å². The van der Waals surface area contributed by atoms with Crippen LogP contribution in [0.3, 0.4) is 0 Å². The smallest absolute Gasteiger partial charge is 0.305 e. The second-order valence-corrected chi connectivity index (χ2v) is 3.46. The molecule has 1 rings (SSSR count). The summed E-state index contributed by atoms with van der Waals surface area (Å²) in [5, 5.41) is 18.9. The van der Waals surface area contributed by atoms with E-state index >= 15 is 0 Å². The summed E-state index contributed by atoms with van der Waals surface area (Å²) in [5.41, 5.74) is 6.07. The summed E-state index contributed by atoms with van der Waals surface area (Å²) in [7, 11) is 0. The van der Waals surface area contributed by atoms with Crippen LogP contribution in [0.1, 0.15) is 22.9 Å². The minimum atomic E-state index is -0.954. The van der Waals surface area contributed by atoms with E-state index in [1.807, 2.05) is 6.07 Å². The summed E-state index contributed by atoms with van der Waals surface area (Å²) in [6.45, 7) is 0. The quantitative estimate of drug-likeness (QED) is 0.757. The van der Waals surface area contributed by atoms with Crippen LogP contribution in [0.15, 0.2) is 11.4 Å². The van der Waals surface area contributed by atoms with Crippen molar-refractivity contribution in [2.45, 2.75) is 12.5 Å². The van der Waals surface area contributed by atoms with Crippen molar-refractivity contribution < 1.29 is 9.90 Å². The molecule has 5 heteroatoms. The van der Waals surface area contributed by atoms with E-state index in [-0.39, 0.29) is 6.42 Å². The molecule has 0 fully saturated rings. The number of hydrogen-bond donors (Lipinski definition) is 2. The topological polar surface area (TPSA) is 87.1 Å². The number of nitrogens with two attached hydrogens (primary N) is 1. The maximum atomic E-state index is 10.3. The Morgan fingerprint density at radius 2 is 2.54 bits per heavy atom. The van der Waals surface area contributed by atoms with Crippen LogP contribution in [0.5, 0.6) is 0 Å². The lowest BCUT2D eigenvalue weighted by Crippen LogP contribution is -2.14. The highest BCUT2D eigenvalue weighted by Crippen LogP contribution is 2.24. The van der Waals surface area contributed by atoms with Gasteiger partial charge in [0.05, 0.1) is 18.0 Å². The molecule has 0 spiro atoms. The predicted octanol–water partition coefficient (Wildman–Crippen LogP) is 1.09. The van der Waals surface area contributed by atoms with Gasteiger partial charge in [-0.05, 0) is 11.4 Å². The van der Waals surface area contributed by atoms with Gasteiger partial charge in [0.1, 0.15) is 6.07 Å². The summed E-state index contributed by atoms with van der Waals surface area (Å²) in [6, 6.07) is 3.03. The molecule has 0 aliphatic rings. The Morgan fingerprint density at radius 3 is 3.08 bits per heavy atom. The zero-order valence-electron chi connectivity index (χ0n) is 6.73. The number of carboxylic acid groups (broad SMARTS) is 1. The maximum Gasteiger partial charge on any atom is 0.305 e. The van der Waals surface area contributed by atoms with Crippen LogP contribution >= 0.6 is 11.3 Å². The summed E-state index contributed by atoms with van der Waals surface area (Å²) >= 11 is 1.31. The van der Waals surface area contributed by atoms with Crippen molar-refractivity contribution in [1.29, 1.82) is 5.26 Å². The number of hydrogen-bond acceptors (Lipinski definition) is 4. The summed E-state index contributed by atoms with van der Waals surface area (Å²) in [5.74, 6) is -0.954. The highest BCUT2D eigenvalue weighted by atomic mass is 32.1. The largest absolute Gasteiger partial charge is 0.481 e. The highest BCUT2D eigenvalue weighted by molar-refractivity contribution is 7.10. The van der Waals surface area contributed by atoms with Crippen molar-refractivity contribution in [2.24, 2.45) is 5.73 Å². The number of carbonyl (C=O) groups is 1. The van der Waals surface area contributed by atoms with Gasteiger partial charge in [-0.2, -0.15) is 5.26 Å². The van der Waals surface area contributed by atoms with Crippen molar-refractivity contribution in [1.82, 2.24) is 0 Å². The second-order valence-electron chi connectivity index (χ2n) is 2.51. The SMILES string of the molecule is N#Cc1ccsc1[C@H](N)CC(=O)O. The first-order chi connectivity index (χ1) is 6.15. The maximum absolute atomic E-state index is 10.3. The fourth-order valence-corrected chi connectivity index (χ4v) is 1.83. The van der Waals surface area contributed by atoms with E-state index in [0.29, 0.717) is 10.4 Å². The first kappa shape index (κ1) is 9.71. The molecule has 0 saturated carbocycles. The zero-order valence-corrected chi connectivity index (χ0v) is 7.54. The van der Waals surface area contributed by atoms with Gasteiger partial charge < -0.3 is 10.8 Å². The van der Waals surface area contributed by atoms with Gasteiger partial charge in [0.25, 0.3) is 0 Å². The summed E-state index contributed by atoms with van der Waals surface area (Å²) in [4.78, 5) is 11.0. The van der Waals surface area contributed by atoms with Crippen LogP contribution in [0.2, 0.25) is 0 Å². The lowest BCUT2D eigenvalue weighted by atomic mass is 10.1. The van der Waals surface area contributed by atoms with E-state index in [9.17, 15) is 4.79 Å². The van der Waals surface area contributed by atoms with Crippen molar-refractivity contribution in [3.63, 3.8) is 0 Å². The van der Waals surface area contributed by atoms with Crippen LogP contribution in [-0.2, 0) is 4.79 Å². The van der Waals surface area contributed by atoms with Gasteiger partial charge in [0, 0.05) is 4.88 Å². The molecule has 1 aromatic heterocycles. The summed E-state index contributed by atoms with van der Waals surface area (Å²) < 4.78 is 0. The molecule has 0 radical (unpaired) electrons. The molecule has 1 heterocycles. The van der Waals surface area contributed by atoms with Crippen LogP contribution in [0.25, 0.3) is 0 Å². The Balaban J connectivity index is 2.83. The molecular weight excluding hydrogens is 188 g/mol. The fraction of sp³-hybridized carbons (Fsp3) is 0.250. The molecule has 13 heavy (non-hydrogen) atoms. The fourth-order valence-electron chi connectivity index (χ4n) is 0.981. The zero-order chi connectivity index (χ0) is 9.84. The highest BCUT2D eigenvalue weighted by Gasteiger charge is 2.15. The van der Waals surface area contributed by atoms with Crippen molar-refractivity contribution in [2.75, 3.05) is 0 Å². The second kappa shape index (κ2) is 4.03. The normalized spacial score (nSPS) is 12.0. The standard InChI is InChI=1S/C8H8N2O2S/c9-4-5-1-2-13-8(5)6(10)3-7(11)12/h1-2,6H,3,10H2,(H,11,12)/t6-/m1/s1. The predicted molar refractivity (Wildman–Crippen MR) is 48.2 cm³/mol. The molecule has 0 aromatic carbocycles. The Bertz CT molecular complexity index is 353. The van der Waals surface area contributed by atoms with E-state index in [2.05, 4.69) is 0 Å². The molecule has 68 valence electrons. The number of aliphatic carboxylic acids is 1. The van der Waals surface area contributed by atoms with E-state index in [1.54, 1.807) is 11.4 Å². The van der Waals surface area contributed by atoms with Gasteiger partial charge in [-0.3, -0.25) is 4.79 Å². The average Bonchev–Trinajstić information content (AvgIpc) is 2.49. The first-order valence-electron chi connectivity index (χ1n) is 3.60. The molecule has 0 unspecified atom stereocenters. The van der Waals surface area contributed by atoms with Crippen LogP contribution < -0.4 is 5.73 Å². The van der Waals surface area contributed by atoms with E-state index in [0.717, 1.165) is 0 Å². The molecule has 0 aliphatic carbocycles. The van der Waals surface area contributed by atoms with Crippen LogP contribution in [0.4, 0.5) is 0 Å². The minimum absolute atomic E-state index is 0.144. The van der Waals surface area contributed by atoms with Gasteiger partial charge >= 0.3 is 5.97 Å². The van der Waals surface area contributed by atoms with Crippen LogP contribution in [0, 0.1) is 11.3 Å². The molecule has 1 aromatic rings.